The first-order valence-electron chi connectivity index (χ1n) is 7.86. The summed E-state index contributed by atoms with van der Waals surface area (Å²) >= 11 is 1.30. The molecule has 0 fully saturated rings. The largest absolute Gasteiger partial charge is 0.347 e. The van der Waals surface area contributed by atoms with Gasteiger partial charge in [0.05, 0.1) is 16.8 Å². The molecule has 1 amide bonds. The third kappa shape index (κ3) is 3.94. The van der Waals surface area contributed by atoms with Crippen LogP contribution in [0.25, 0.3) is 11.3 Å². The quantitative estimate of drug-likeness (QED) is 0.689. The molecule has 0 aliphatic heterocycles. The van der Waals surface area contributed by atoms with Crippen molar-refractivity contribution in [2.45, 2.75) is 12.5 Å². The summed E-state index contributed by atoms with van der Waals surface area (Å²) in [5.41, 5.74) is 7.93. The highest BCUT2D eigenvalue weighted by atomic mass is 32.1. The first-order valence-corrected chi connectivity index (χ1v) is 8.74. The molecule has 1 aromatic carbocycles. The number of nitrogens with one attached hydrogen (secondary N) is 1. The van der Waals surface area contributed by atoms with Crippen molar-refractivity contribution in [3.63, 3.8) is 0 Å². The van der Waals surface area contributed by atoms with E-state index >= 15 is 0 Å². The molecule has 0 saturated carbocycles. The monoisotopic (exact) mass is 377 g/mol. The highest BCUT2D eigenvalue weighted by Crippen LogP contribution is 2.24. The highest BCUT2D eigenvalue weighted by Gasteiger charge is 2.17. The standard InChI is InChI=1S/C17H17F2N5OS/c1-24-15(8-21-23-24)11-6-16(26-9-11)17(25)22-12(7-20)4-10-2-3-13(18)14(19)5-10/h2-3,5-6,8-9,12H,4,7,20H2,1H3,(H,22,25)/t12-/m0/s1. The molecule has 6 nitrogen and oxygen atoms in total. The van der Waals surface area contributed by atoms with Gasteiger partial charge in [0.25, 0.3) is 5.91 Å². The summed E-state index contributed by atoms with van der Waals surface area (Å²) in [6.45, 7) is 0.175. The number of hydrogen-bond donors (Lipinski definition) is 2. The topological polar surface area (TPSA) is 85.8 Å². The maximum absolute atomic E-state index is 13.3. The van der Waals surface area contributed by atoms with Crippen LogP contribution in [0.5, 0.6) is 0 Å². The van der Waals surface area contributed by atoms with Gasteiger partial charge in [0.15, 0.2) is 11.6 Å². The molecule has 0 saturated heterocycles. The first kappa shape index (κ1) is 18.2. The SMILES string of the molecule is Cn1nncc1-c1csc(C(=O)N[C@H](CN)Cc2ccc(F)c(F)c2)c1. The van der Waals surface area contributed by atoms with Crippen LogP contribution in [-0.4, -0.2) is 33.5 Å². The molecule has 3 aromatic rings. The van der Waals surface area contributed by atoms with Crippen LogP contribution in [0.3, 0.4) is 0 Å². The van der Waals surface area contributed by atoms with Crippen LogP contribution in [0.4, 0.5) is 8.78 Å². The minimum atomic E-state index is -0.919. The number of halogens is 2. The van der Waals surface area contributed by atoms with Gasteiger partial charge >= 0.3 is 0 Å². The molecule has 0 spiro atoms. The number of nitrogens with two attached hydrogens (primary N) is 1. The Morgan fingerprint density at radius 1 is 1.35 bits per heavy atom. The van der Waals surface area contributed by atoms with Crippen LogP contribution in [0, 0.1) is 11.6 Å². The van der Waals surface area contributed by atoms with Crippen molar-refractivity contribution in [1.29, 1.82) is 0 Å². The second kappa shape index (κ2) is 7.71. The zero-order valence-electron chi connectivity index (χ0n) is 13.9. The normalized spacial score (nSPS) is 12.2. The fourth-order valence-corrected chi connectivity index (χ4v) is 3.35. The van der Waals surface area contributed by atoms with Crippen molar-refractivity contribution in [2.75, 3.05) is 6.54 Å². The van der Waals surface area contributed by atoms with Gasteiger partial charge in [-0.2, -0.15) is 0 Å². The van der Waals surface area contributed by atoms with Gasteiger partial charge in [-0.1, -0.05) is 11.3 Å². The van der Waals surface area contributed by atoms with Crippen molar-refractivity contribution in [3.05, 3.63) is 57.9 Å². The van der Waals surface area contributed by atoms with Crippen molar-refractivity contribution in [3.8, 4) is 11.3 Å². The lowest BCUT2D eigenvalue weighted by Gasteiger charge is -2.16. The number of benzene rings is 1. The Labute approximate surface area is 152 Å². The molecule has 0 aliphatic rings. The van der Waals surface area contributed by atoms with E-state index in [0.29, 0.717) is 16.9 Å². The van der Waals surface area contributed by atoms with Crippen LogP contribution in [0.1, 0.15) is 15.2 Å². The van der Waals surface area contributed by atoms with Crippen molar-refractivity contribution in [1.82, 2.24) is 20.3 Å². The Morgan fingerprint density at radius 3 is 2.81 bits per heavy atom. The Kier molecular flexibility index (Phi) is 5.38. The fraction of sp³-hybridized carbons (Fsp3) is 0.235. The molecule has 9 heteroatoms. The number of aromatic nitrogens is 3. The third-order valence-corrected chi connectivity index (χ3v) is 4.85. The van der Waals surface area contributed by atoms with E-state index in [9.17, 15) is 13.6 Å². The molecule has 0 unspecified atom stereocenters. The van der Waals surface area contributed by atoms with Gasteiger partial charge in [-0.3, -0.25) is 4.79 Å². The molecule has 0 radical (unpaired) electrons. The minimum Gasteiger partial charge on any atom is -0.347 e. The van der Waals surface area contributed by atoms with Crippen molar-refractivity contribution in [2.24, 2.45) is 12.8 Å². The summed E-state index contributed by atoms with van der Waals surface area (Å²) in [7, 11) is 1.77. The van der Waals surface area contributed by atoms with Crippen LogP contribution in [0.2, 0.25) is 0 Å². The number of aryl methyl sites for hydroxylation is 1. The van der Waals surface area contributed by atoms with E-state index in [0.717, 1.165) is 23.4 Å². The van der Waals surface area contributed by atoms with E-state index in [4.69, 9.17) is 5.73 Å². The maximum Gasteiger partial charge on any atom is 0.261 e. The van der Waals surface area contributed by atoms with Crippen LogP contribution in [0.15, 0.2) is 35.8 Å². The van der Waals surface area contributed by atoms with E-state index in [1.807, 2.05) is 5.38 Å². The molecule has 26 heavy (non-hydrogen) atoms. The maximum atomic E-state index is 13.3. The Balaban J connectivity index is 1.68. The van der Waals surface area contributed by atoms with E-state index in [1.54, 1.807) is 24.0 Å². The number of carbonyl (C=O) groups excluding carboxylic acids is 1. The van der Waals surface area contributed by atoms with E-state index in [1.165, 1.54) is 17.4 Å². The third-order valence-electron chi connectivity index (χ3n) is 3.92. The molecule has 1 atom stereocenters. The lowest BCUT2D eigenvalue weighted by Crippen LogP contribution is -2.41. The molecular formula is C17H17F2N5OS. The number of amides is 1. The summed E-state index contributed by atoms with van der Waals surface area (Å²) in [4.78, 5) is 13.0. The Bertz CT molecular complexity index is 924. The predicted molar refractivity (Wildman–Crippen MR) is 94.7 cm³/mol. The Morgan fingerprint density at radius 2 is 2.15 bits per heavy atom. The number of thiophene rings is 1. The van der Waals surface area contributed by atoms with Gasteiger partial charge in [0, 0.05) is 30.6 Å². The average Bonchev–Trinajstić information content (AvgIpc) is 3.26. The first-order chi connectivity index (χ1) is 12.5. The number of nitrogens with zero attached hydrogens (tertiary/aromatic N) is 3. The van der Waals surface area contributed by atoms with Gasteiger partial charge in [-0.05, 0) is 30.2 Å². The van der Waals surface area contributed by atoms with Crippen molar-refractivity contribution < 1.29 is 13.6 Å². The molecule has 2 aromatic heterocycles. The minimum absolute atomic E-state index is 0.175. The average molecular weight is 377 g/mol. The van der Waals surface area contributed by atoms with E-state index < -0.39 is 17.7 Å². The summed E-state index contributed by atoms with van der Waals surface area (Å²) in [6, 6.07) is 5.02. The summed E-state index contributed by atoms with van der Waals surface area (Å²) < 4.78 is 28.0. The molecule has 136 valence electrons. The second-order valence-corrected chi connectivity index (χ2v) is 6.71. The molecule has 0 aliphatic carbocycles. The lowest BCUT2D eigenvalue weighted by atomic mass is 10.1. The smallest absolute Gasteiger partial charge is 0.261 e. The van der Waals surface area contributed by atoms with Gasteiger partial charge in [0.2, 0.25) is 0 Å². The molecular weight excluding hydrogens is 360 g/mol. The highest BCUT2D eigenvalue weighted by molar-refractivity contribution is 7.12. The van der Waals surface area contributed by atoms with E-state index in [-0.39, 0.29) is 12.5 Å². The zero-order chi connectivity index (χ0) is 18.7. The van der Waals surface area contributed by atoms with Gasteiger partial charge in [-0.25, -0.2) is 13.5 Å². The lowest BCUT2D eigenvalue weighted by molar-refractivity contribution is 0.0942. The zero-order valence-corrected chi connectivity index (χ0v) is 14.8. The summed E-state index contributed by atoms with van der Waals surface area (Å²) in [5.74, 6) is -2.09. The van der Waals surface area contributed by atoms with Crippen LogP contribution < -0.4 is 11.1 Å². The van der Waals surface area contributed by atoms with Crippen LogP contribution >= 0.6 is 11.3 Å². The number of carbonyl (C=O) groups is 1. The Hall–Kier alpha value is -2.65. The van der Waals surface area contributed by atoms with Gasteiger partial charge in [-0.15, -0.1) is 16.4 Å². The van der Waals surface area contributed by atoms with E-state index in [2.05, 4.69) is 15.6 Å². The molecule has 3 N–H and O–H groups in total. The number of hydrogen-bond acceptors (Lipinski definition) is 5. The van der Waals surface area contributed by atoms with Gasteiger partial charge in [0.1, 0.15) is 0 Å². The van der Waals surface area contributed by atoms with Crippen molar-refractivity contribution >= 4 is 17.2 Å². The summed E-state index contributed by atoms with van der Waals surface area (Å²) in [6.07, 6.45) is 1.93. The molecule has 0 bridgehead atoms. The summed E-state index contributed by atoms with van der Waals surface area (Å²) in [5, 5.41) is 12.4. The molecule has 2 heterocycles. The number of rotatable bonds is 6. The predicted octanol–water partition coefficient (Wildman–Crippen LogP) is 2.12. The van der Waals surface area contributed by atoms with Gasteiger partial charge < -0.3 is 11.1 Å². The fourth-order valence-electron chi connectivity index (χ4n) is 2.54. The van der Waals surface area contributed by atoms with Crippen LogP contribution in [-0.2, 0) is 13.5 Å². The molecule has 3 rings (SSSR count). The second-order valence-electron chi connectivity index (χ2n) is 5.80.